The molecule has 0 radical (unpaired) electrons. The average Bonchev–Trinajstić information content (AvgIpc) is 3.23. The molecule has 0 N–H and O–H groups in total. The number of aromatic nitrogens is 2. The molecule has 11 heteroatoms. The minimum atomic E-state index is -1.07. The zero-order chi connectivity index (χ0) is 26.0. The number of hydrogen-bond acceptors (Lipinski definition) is 8. The van der Waals surface area contributed by atoms with E-state index in [1.54, 1.807) is 50.2 Å². The molecule has 2 heterocycles. The molecule has 0 aliphatic carbocycles. The van der Waals surface area contributed by atoms with Crippen LogP contribution in [0.1, 0.15) is 46.0 Å². The van der Waals surface area contributed by atoms with E-state index < -0.39 is 17.6 Å². The maximum atomic E-state index is 13.4. The molecule has 36 heavy (non-hydrogen) atoms. The summed E-state index contributed by atoms with van der Waals surface area (Å²) in [6, 6.07) is 10.4. The maximum Gasteiger partial charge on any atom is 0.455 e. The average molecular weight is 529 g/mol. The van der Waals surface area contributed by atoms with Crippen molar-refractivity contribution in [1.82, 2.24) is 9.97 Å². The maximum absolute atomic E-state index is 13.4. The van der Waals surface area contributed by atoms with Gasteiger partial charge in [-0.15, -0.1) is 0 Å². The molecule has 1 aliphatic heterocycles. The highest BCUT2D eigenvalue weighted by Crippen LogP contribution is 2.38. The van der Waals surface area contributed by atoms with E-state index in [4.69, 9.17) is 28.0 Å². The highest BCUT2D eigenvalue weighted by atomic mass is 35.5. The summed E-state index contributed by atoms with van der Waals surface area (Å²) >= 11 is 12.3. The fraction of sp³-hybridized carbons (Fsp3) is 0.240. The van der Waals surface area contributed by atoms with Crippen LogP contribution in [0.5, 0.6) is 0 Å². The predicted octanol–water partition coefficient (Wildman–Crippen LogP) is 5.78. The van der Waals surface area contributed by atoms with Gasteiger partial charge in [-0.2, -0.15) is 9.79 Å². The van der Waals surface area contributed by atoms with Crippen LogP contribution in [-0.4, -0.2) is 34.8 Å². The summed E-state index contributed by atoms with van der Waals surface area (Å²) < 4.78 is 0. The number of imide groups is 1. The Bertz CT molecular complexity index is 1340. The molecule has 3 aromatic rings. The van der Waals surface area contributed by atoms with Gasteiger partial charge in [0.2, 0.25) is 5.95 Å². The number of anilines is 1. The second-order valence-corrected chi connectivity index (χ2v) is 9.31. The van der Waals surface area contributed by atoms with Crippen LogP contribution < -0.4 is 4.90 Å². The topological polar surface area (TPSA) is 103 Å². The number of halogens is 2. The van der Waals surface area contributed by atoms with Crippen molar-refractivity contribution in [1.29, 1.82) is 0 Å². The SMILES string of the molecule is COOC(=O)N(C(=O)c1ccc(C2=NOC(C)(c3cc(Cl)cc(Cl)c3)C2)cc1C)c1ncc(C)cn1. The number of hydrogen-bond donors (Lipinski definition) is 0. The van der Waals surface area contributed by atoms with Crippen molar-refractivity contribution in [3.8, 4) is 0 Å². The Morgan fingerprint density at radius 1 is 1.06 bits per heavy atom. The molecule has 0 spiro atoms. The van der Waals surface area contributed by atoms with Crippen molar-refractivity contribution in [3.05, 3.63) is 86.7 Å². The Hall–Kier alpha value is -3.53. The van der Waals surface area contributed by atoms with Gasteiger partial charge < -0.3 is 4.84 Å². The Morgan fingerprint density at radius 3 is 2.33 bits per heavy atom. The molecule has 1 unspecified atom stereocenters. The summed E-state index contributed by atoms with van der Waals surface area (Å²) in [5, 5.41) is 5.29. The Balaban J connectivity index is 1.60. The standard InChI is InChI=1S/C25H22Cl2N4O5/c1-14-12-28-23(29-13-14)31(24(33)35-34-4)22(32)20-6-5-16(7-15(20)2)21-11-25(3,36-30-21)17-8-18(26)10-19(27)9-17/h5-10,12-13H,11H2,1-4H3. The molecule has 0 saturated carbocycles. The van der Waals surface area contributed by atoms with Crippen LogP contribution in [0.15, 0.2) is 53.9 Å². The number of carbonyl (C=O) groups excluding carboxylic acids is 2. The first-order chi connectivity index (χ1) is 17.1. The zero-order valence-corrected chi connectivity index (χ0v) is 21.4. The van der Waals surface area contributed by atoms with Crippen molar-refractivity contribution >= 4 is 46.9 Å². The number of rotatable bonds is 5. The predicted molar refractivity (Wildman–Crippen MR) is 134 cm³/mol. The van der Waals surface area contributed by atoms with Gasteiger partial charge in [0.25, 0.3) is 5.91 Å². The minimum Gasteiger partial charge on any atom is -0.384 e. The molecule has 0 saturated heterocycles. The van der Waals surface area contributed by atoms with E-state index in [2.05, 4.69) is 24.9 Å². The quantitative estimate of drug-likeness (QED) is 0.305. The van der Waals surface area contributed by atoms with Crippen LogP contribution in [0.2, 0.25) is 10.0 Å². The van der Waals surface area contributed by atoms with Crippen LogP contribution in [0, 0.1) is 13.8 Å². The number of amides is 2. The van der Waals surface area contributed by atoms with Gasteiger partial charge in [-0.1, -0.05) is 34.4 Å². The first-order valence-corrected chi connectivity index (χ1v) is 11.6. The summed E-state index contributed by atoms with van der Waals surface area (Å²) in [5.41, 5.74) is 3.11. The fourth-order valence-electron chi connectivity index (χ4n) is 3.78. The van der Waals surface area contributed by atoms with Gasteiger partial charge in [-0.3, -0.25) is 9.68 Å². The van der Waals surface area contributed by atoms with E-state index in [9.17, 15) is 9.59 Å². The van der Waals surface area contributed by atoms with Gasteiger partial charge in [0.05, 0.1) is 12.8 Å². The normalized spacial score (nSPS) is 16.8. The first-order valence-electron chi connectivity index (χ1n) is 10.8. The van der Waals surface area contributed by atoms with Crippen LogP contribution in [0.25, 0.3) is 0 Å². The molecule has 0 bridgehead atoms. The molecule has 0 fully saturated rings. The molecule has 2 aromatic carbocycles. The van der Waals surface area contributed by atoms with Gasteiger partial charge >= 0.3 is 6.09 Å². The summed E-state index contributed by atoms with van der Waals surface area (Å²) in [6.07, 6.45) is 2.36. The van der Waals surface area contributed by atoms with Crippen LogP contribution in [0.3, 0.4) is 0 Å². The highest BCUT2D eigenvalue weighted by molar-refractivity contribution is 6.34. The van der Waals surface area contributed by atoms with Gasteiger partial charge in [-0.25, -0.2) is 14.8 Å². The van der Waals surface area contributed by atoms with Crippen molar-refractivity contribution in [2.45, 2.75) is 32.8 Å². The van der Waals surface area contributed by atoms with E-state index >= 15 is 0 Å². The Labute approximate surface area is 217 Å². The lowest BCUT2D eigenvalue weighted by Crippen LogP contribution is -2.39. The van der Waals surface area contributed by atoms with Crippen molar-refractivity contribution in [2.75, 3.05) is 12.0 Å². The molecule has 1 aliphatic rings. The lowest BCUT2D eigenvalue weighted by atomic mass is 9.88. The molecule has 2 amide bonds. The molecule has 9 nitrogen and oxygen atoms in total. The van der Waals surface area contributed by atoms with Gasteiger partial charge in [-0.05, 0) is 67.8 Å². The Morgan fingerprint density at radius 2 is 1.72 bits per heavy atom. The first kappa shape index (κ1) is 25.6. The number of nitrogens with zero attached hydrogens (tertiary/aromatic N) is 4. The second-order valence-electron chi connectivity index (χ2n) is 8.44. The van der Waals surface area contributed by atoms with E-state index in [0.717, 1.165) is 23.8 Å². The smallest absolute Gasteiger partial charge is 0.384 e. The van der Waals surface area contributed by atoms with Crippen molar-refractivity contribution < 1.29 is 24.2 Å². The third-order valence-electron chi connectivity index (χ3n) is 5.63. The third-order valence-corrected chi connectivity index (χ3v) is 6.07. The molecular weight excluding hydrogens is 507 g/mol. The lowest BCUT2D eigenvalue weighted by molar-refractivity contribution is -0.210. The minimum absolute atomic E-state index is 0.138. The highest BCUT2D eigenvalue weighted by Gasteiger charge is 2.37. The van der Waals surface area contributed by atoms with Crippen LogP contribution in [-0.2, 0) is 20.2 Å². The van der Waals surface area contributed by atoms with Gasteiger partial charge in [0.1, 0.15) is 0 Å². The Kier molecular flexibility index (Phi) is 7.26. The van der Waals surface area contributed by atoms with Crippen molar-refractivity contribution in [3.63, 3.8) is 0 Å². The van der Waals surface area contributed by atoms with Gasteiger partial charge in [0.15, 0.2) is 5.60 Å². The van der Waals surface area contributed by atoms with Gasteiger partial charge in [0, 0.05) is 40.0 Å². The molecule has 1 aromatic heterocycles. The molecule has 1 atom stereocenters. The number of benzene rings is 2. The van der Waals surface area contributed by atoms with E-state index in [-0.39, 0.29) is 11.5 Å². The molecular formula is C25H22Cl2N4O5. The van der Waals surface area contributed by atoms with E-state index in [0.29, 0.717) is 32.6 Å². The largest absolute Gasteiger partial charge is 0.455 e. The second kappa shape index (κ2) is 10.2. The monoisotopic (exact) mass is 528 g/mol. The molecule has 186 valence electrons. The molecule has 4 rings (SSSR count). The summed E-state index contributed by atoms with van der Waals surface area (Å²) in [5.74, 6) is -0.811. The number of oxime groups is 1. The third kappa shape index (κ3) is 5.18. The van der Waals surface area contributed by atoms with E-state index in [1.165, 1.54) is 12.4 Å². The van der Waals surface area contributed by atoms with E-state index in [1.807, 2.05) is 6.92 Å². The summed E-state index contributed by atoms with van der Waals surface area (Å²) in [6.45, 7) is 5.43. The van der Waals surface area contributed by atoms with Crippen molar-refractivity contribution in [2.24, 2.45) is 5.16 Å². The van der Waals surface area contributed by atoms with Crippen LogP contribution >= 0.6 is 23.2 Å². The zero-order valence-electron chi connectivity index (χ0n) is 19.9. The number of carbonyl (C=O) groups is 2. The summed E-state index contributed by atoms with van der Waals surface area (Å²) in [7, 11) is 1.16. The lowest BCUT2D eigenvalue weighted by Gasteiger charge is -2.22. The summed E-state index contributed by atoms with van der Waals surface area (Å²) in [4.78, 5) is 49.6. The number of aryl methyl sites for hydroxylation is 2. The fourth-order valence-corrected chi connectivity index (χ4v) is 4.30. The van der Waals surface area contributed by atoms with Crippen LogP contribution in [0.4, 0.5) is 10.7 Å².